The van der Waals surface area contributed by atoms with Crippen molar-refractivity contribution in [2.75, 3.05) is 26.4 Å². The van der Waals surface area contributed by atoms with Gasteiger partial charge in [-0.25, -0.2) is 4.57 Å². The van der Waals surface area contributed by atoms with Gasteiger partial charge in [-0.05, 0) is 51.0 Å². The van der Waals surface area contributed by atoms with Crippen LogP contribution >= 0.6 is 7.82 Å². The minimum atomic E-state index is -4.29. The number of hydrogen-bond acceptors (Lipinski definition) is 7. The number of allylic oxidation sites excluding steroid dienone is 3. The highest BCUT2D eigenvalue weighted by molar-refractivity contribution is 7.47. The monoisotopic (exact) mass is 702 g/mol. The smallest absolute Gasteiger partial charge is 0.472 e. The van der Waals surface area contributed by atoms with E-state index >= 15 is 0 Å². The van der Waals surface area contributed by atoms with Crippen LogP contribution in [-0.4, -0.2) is 43.3 Å². The van der Waals surface area contributed by atoms with Gasteiger partial charge in [0, 0.05) is 13.0 Å². The Hall–Kier alpha value is -1.18. The minimum Gasteiger partial charge on any atom is -0.498 e. The van der Waals surface area contributed by atoms with Gasteiger partial charge in [0.05, 0.1) is 19.5 Å². The van der Waals surface area contributed by atoms with E-state index in [-0.39, 0.29) is 32.3 Å². The fraction of sp³-hybridized carbons (Fsp3) is 0.872. The van der Waals surface area contributed by atoms with Gasteiger partial charge in [0.2, 0.25) is 0 Å². The molecule has 0 saturated heterocycles. The first-order valence-corrected chi connectivity index (χ1v) is 21.4. The lowest BCUT2D eigenvalue weighted by molar-refractivity contribution is -0.153. The largest absolute Gasteiger partial charge is 0.498 e. The summed E-state index contributed by atoms with van der Waals surface area (Å²) in [5.74, 6) is -0.360. The Labute approximate surface area is 296 Å². The Morgan fingerprint density at radius 1 is 0.625 bits per heavy atom. The molecule has 0 aromatic heterocycles. The number of nitrogens with two attached hydrogens (primary N) is 1. The topological polar surface area (TPSA) is 117 Å². The van der Waals surface area contributed by atoms with Crippen LogP contribution in [-0.2, 0) is 27.9 Å². The van der Waals surface area contributed by atoms with E-state index in [4.69, 9.17) is 24.3 Å². The van der Waals surface area contributed by atoms with Crippen molar-refractivity contribution in [3.8, 4) is 0 Å². The molecule has 0 rings (SSSR count). The number of ether oxygens (including phenoxy) is 2. The highest BCUT2D eigenvalue weighted by Crippen LogP contribution is 2.43. The van der Waals surface area contributed by atoms with Crippen molar-refractivity contribution >= 4 is 13.8 Å². The van der Waals surface area contributed by atoms with Crippen LogP contribution in [0.15, 0.2) is 24.5 Å². The van der Waals surface area contributed by atoms with E-state index in [0.29, 0.717) is 6.42 Å². The maximum absolute atomic E-state index is 12.5. The lowest BCUT2D eigenvalue weighted by atomic mass is 10.0. The zero-order chi connectivity index (χ0) is 35.2. The van der Waals surface area contributed by atoms with Crippen molar-refractivity contribution in [1.29, 1.82) is 0 Å². The zero-order valence-corrected chi connectivity index (χ0v) is 32.1. The van der Waals surface area contributed by atoms with E-state index in [0.717, 1.165) is 44.9 Å². The summed E-state index contributed by atoms with van der Waals surface area (Å²) >= 11 is 0. The Morgan fingerprint density at radius 3 is 1.54 bits per heavy atom. The van der Waals surface area contributed by atoms with Crippen LogP contribution in [0.4, 0.5) is 0 Å². The average molecular weight is 702 g/mol. The Morgan fingerprint density at radius 2 is 1.06 bits per heavy atom. The fourth-order valence-corrected chi connectivity index (χ4v) is 6.25. The molecule has 9 heteroatoms. The molecule has 2 unspecified atom stereocenters. The summed E-state index contributed by atoms with van der Waals surface area (Å²) in [7, 11) is -4.29. The molecule has 0 heterocycles. The van der Waals surface area contributed by atoms with E-state index < -0.39 is 13.9 Å². The Balaban J connectivity index is 4.13. The third-order valence-corrected chi connectivity index (χ3v) is 9.42. The predicted octanol–water partition coefficient (Wildman–Crippen LogP) is 11.6. The maximum atomic E-state index is 12.5. The second-order valence-corrected chi connectivity index (χ2v) is 14.7. The molecule has 0 fully saturated rings. The van der Waals surface area contributed by atoms with E-state index in [9.17, 15) is 14.3 Å². The van der Waals surface area contributed by atoms with Crippen LogP contribution in [0, 0.1) is 0 Å². The molecule has 0 saturated carbocycles. The van der Waals surface area contributed by atoms with Crippen LogP contribution in [0.2, 0.25) is 0 Å². The molecule has 0 bridgehead atoms. The molecule has 284 valence electrons. The molecule has 0 aliphatic heterocycles. The summed E-state index contributed by atoms with van der Waals surface area (Å²) < 4.78 is 33.1. The number of hydrogen-bond donors (Lipinski definition) is 2. The zero-order valence-electron chi connectivity index (χ0n) is 31.2. The predicted molar refractivity (Wildman–Crippen MR) is 201 cm³/mol. The van der Waals surface area contributed by atoms with Gasteiger partial charge in [-0.3, -0.25) is 13.8 Å². The van der Waals surface area contributed by atoms with Crippen molar-refractivity contribution in [1.82, 2.24) is 0 Å². The first-order chi connectivity index (χ1) is 23.4. The SMILES string of the molecule is CCCCCCCC/C=C/CCCCCCCC(=O)OC(CO/C=C\CCCCCCCCCCCCCC)COP(=O)(O)OCCN. The molecule has 0 radical (unpaired) electrons. The minimum absolute atomic E-state index is 0.0317. The number of rotatable bonds is 38. The number of carbonyl (C=O) groups excluding carboxylic acids is 1. The van der Waals surface area contributed by atoms with Crippen molar-refractivity contribution in [3.05, 3.63) is 24.5 Å². The Kier molecular flexibility index (Phi) is 36.2. The molecule has 0 amide bonds. The highest BCUT2D eigenvalue weighted by atomic mass is 31.2. The molecule has 3 N–H and O–H groups in total. The van der Waals surface area contributed by atoms with E-state index in [1.54, 1.807) is 6.26 Å². The van der Waals surface area contributed by atoms with Crippen molar-refractivity contribution in [2.24, 2.45) is 5.73 Å². The molecule has 2 atom stereocenters. The van der Waals surface area contributed by atoms with E-state index in [2.05, 4.69) is 26.0 Å². The fourth-order valence-electron chi connectivity index (χ4n) is 5.49. The molecule has 0 aliphatic carbocycles. The molecular weight excluding hydrogens is 625 g/mol. The number of phosphoric ester groups is 1. The lowest BCUT2D eigenvalue weighted by Crippen LogP contribution is -2.27. The summed E-state index contributed by atoms with van der Waals surface area (Å²) in [4.78, 5) is 22.4. The third kappa shape index (κ3) is 36.1. The standard InChI is InChI=1S/C39H76NO7P/c1-3-5-7-9-11-13-15-17-19-20-22-24-26-28-30-32-39(41)47-38(37-46-48(42,43)45-35-33-40)36-44-34-31-29-27-25-23-21-18-16-14-12-10-8-6-4-2/h17,19,31,34,38H,3-16,18,20-30,32-33,35-37,40H2,1-2H3,(H,42,43)/b19-17+,34-31-. The molecule has 0 aromatic carbocycles. The Bertz CT molecular complexity index is 792. The maximum Gasteiger partial charge on any atom is 0.472 e. The summed E-state index contributed by atoms with van der Waals surface area (Å²) in [6.45, 7) is 4.23. The number of esters is 1. The van der Waals surface area contributed by atoms with E-state index in [1.165, 1.54) is 122 Å². The van der Waals surface area contributed by atoms with Crippen LogP contribution in [0.25, 0.3) is 0 Å². The number of carbonyl (C=O) groups is 1. The van der Waals surface area contributed by atoms with Gasteiger partial charge < -0.3 is 20.1 Å². The highest BCUT2D eigenvalue weighted by Gasteiger charge is 2.25. The van der Waals surface area contributed by atoms with Gasteiger partial charge in [-0.1, -0.05) is 148 Å². The van der Waals surface area contributed by atoms with Gasteiger partial charge in [-0.15, -0.1) is 0 Å². The molecule has 0 aromatic rings. The molecular formula is C39H76NO7P. The molecule has 8 nitrogen and oxygen atoms in total. The second-order valence-electron chi connectivity index (χ2n) is 13.2. The third-order valence-electron chi connectivity index (χ3n) is 8.44. The number of unbranched alkanes of at least 4 members (excludes halogenated alkanes) is 23. The lowest BCUT2D eigenvalue weighted by Gasteiger charge is -2.19. The van der Waals surface area contributed by atoms with Crippen LogP contribution in [0.1, 0.15) is 187 Å². The second kappa shape index (κ2) is 37.1. The van der Waals surface area contributed by atoms with Gasteiger partial charge in [0.1, 0.15) is 6.61 Å². The van der Waals surface area contributed by atoms with Gasteiger partial charge >= 0.3 is 13.8 Å². The average Bonchev–Trinajstić information content (AvgIpc) is 3.07. The molecule has 48 heavy (non-hydrogen) atoms. The first kappa shape index (κ1) is 46.8. The molecule has 0 aliphatic rings. The quantitative estimate of drug-likeness (QED) is 0.0215. The van der Waals surface area contributed by atoms with Crippen molar-refractivity contribution in [2.45, 2.75) is 193 Å². The first-order valence-electron chi connectivity index (χ1n) is 19.9. The summed E-state index contributed by atoms with van der Waals surface area (Å²) in [6.07, 6.45) is 39.9. The van der Waals surface area contributed by atoms with Gasteiger partial charge in [0.25, 0.3) is 0 Å². The normalized spacial score (nSPS) is 13.8. The molecule has 0 spiro atoms. The van der Waals surface area contributed by atoms with Crippen LogP contribution in [0.3, 0.4) is 0 Å². The van der Waals surface area contributed by atoms with Crippen LogP contribution < -0.4 is 5.73 Å². The summed E-state index contributed by atoms with van der Waals surface area (Å²) in [5, 5.41) is 0. The van der Waals surface area contributed by atoms with Crippen LogP contribution in [0.5, 0.6) is 0 Å². The van der Waals surface area contributed by atoms with Gasteiger partial charge in [0.15, 0.2) is 6.10 Å². The summed E-state index contributed by atoms with van der Waals surface area (Å²) in [5.41, 5.74) is 5.35. The van der Waals surface area contributed by atoms with E-state index in [1.807, 2.05) is 6.08 Å². The summed E-state index contributed by atoms with van der Waals surface area (Å²) in [6, 6.07) is 0. The van der Waals surface area contributed by atoms with Crippen molar-refractivity contribution in [3.63, 3.8) is 0 Å². The number of phosphoric acid groups is 1. The van der Waals surface area contributed by atoms with Gasteiger partial charge in [-0.2, -0.15) is 0 Å². The van der Waals surface area contributed by atoms with Crippen molar-refractivity contribution < 1.29 is 32.8 Å².